The number of aromatic amines is 1. The molecule has 0 spiro atoms. The molecule has 1 aliphatic heterocycles. The highest BCUT2D eigenvalue weighted by Gasteiger charge is 2.47. The van der Waals surface area contributed by atoms with E-state index in [2.05, 4.69) is 20.5 Å². The van der Waals surface area contributed by atoms with Crippen molar-refractivity contribution in [3.8, 4) is 17.1 Å². The van der Waals surface area contributed by atoms with Crippen LogP contribution >= 0.6 is 0 Å². The molecule has 2 fully saturated rings. The number of imide groups is 1. The van der Waals surface area contributed by atoms with Crippen LogP contribution in [0.15, 0.2) is 24.3 Å². The van der Waals surface area contributed by atoms with Gasteiger partial charge in [-0.3, -0.25) is 29.7 Å². The summed E-state index contributed by atoms with van der Waals surface area (Å²) in [6.07, 6.45) is 3.52. The Kier molecular flexibility index (Phi) is 5.28. The normalized spacial score (nSPS) is 21.2. The number of amides is 3. The Bertz CT molecular complexity index is 899. The van der Waals surface area contributed by atoms with E-state index < -0.39 is 0 Å². The van der Waals surface area contributed by atoms with Crippen LogP contribution in [0.25, 0.3) is 11.4 Å². The Balaban J connectivity index is 1.33. The van der Waals surface area contributed by atoms with Crippen molar-refractivity contribution >= 4 is 23.7 Å². The smallest absolute Gasteiger partial charge is 0.249 e. The number of fused-ring (bicyclic) bond motifs is 1. The van der Waals surface area contributed by atoms with E-state index >= 15 is 0 Å². The molecule has 3 amide bonds. The third kappa shape index (κ3) is 3.85. The largest absolute Gasteiger partial charge is 0.497 e. The van der Waals surface area contributed by atoms with Crippen LogP contribution in [0.2, 0.25) is 0 Å². The number of hydrogen-bond acceptors (Lipinski definition) is 6. The minimum Gasteiger partial charge on any atom is -0.497 e. The highest BCUT2D eigenvalue weighted by Crippen LogP contribution is 2.37. The maximum absolute atomic E-state index is 12.5. The third-order valence-corrected chi connectivity index (χ3v) is 5.59. The second-order valence-corrected chi connectivity index (χ2v) is 7.36. The first-order chi connectivity index (χ1) is 14.1. The molecular weight excluding hydrogens is 374 g/mol. The van der Waals surface area contributed by atoms with Crippen molar-refractivity contribution in [3.05, 3.63) is 24.3 Å². The van der Waals surface area contributed by atoms with Crippen molar-refractivity contribution < 1.29 is 19.1 Å². The van der Waals surface area contributed by atoms with Crippen molar-refractivity contribution in [2.75, 3.05) is 19.0 Å². The van der Waals surface area contributed by atoms with Gasteiger partial charge in [0.05, 0.1) is 18.9 Å². The number of nitrogens with zero attached hydrogens (tertiary/aromatic N) is 3. The standard InChI is InChI=1S/C20H23N5O4/c1-29-13-8-6-12(7-9-13)17-22-20(24-23-17)21-16(26)10-11-25-18(27)14-4-2-3-5-15(14)19(25)28/h6-9,14-15H,2-5,10-11H2,1H3,(H2,21,22,23,24,26)/t14-,15+. The first kappa shape index (κ1) is 19.1. The van der Waals surface area contributed by atoms with Gasteiger partial charge in [-0.05, 0) is 37.1 Å². The molecule has 1 saturated carbocycles. The number of carbonyl (C=O) groups excluding carboxylic acids is 3. The fraction of sp³-hybridized carbons (Fsp3) is 0.450. The van der Waals surface area contributed by atoms with Gasteiger partial charge < -0.3 is 4.74 Å². The summed E-state index contributed by atoms with van der Waals surface area (Å²) in [5, 5.41) is 9.38. The summed E-state index contributed by atoms with van der Waals surface area (Å²) in [5.74, 6) is 0.386. The predicted octanol–water partition coefficient (Wildman–Crippen LogP) is 1.98. The number of nitrogens with one attached hydrogen (secondary N) is 2. The number of aromatic nitrogens is 3. The van der Waals surface area contributed by atoms with Crippen molar-refractivity contribution in [2.24, 2.45) is 11.8 Å². The molecule has 0 unspecified atom stereocenters. The number of H-pyrrole nitrogens is 1. The number of rotatable bonds is 6. The molecular formula is C20H23N5O4. The maximum atomic E-state index is 12.5. The van der Waals surface area contributed by atoms with Crippen LogP contribution in [-0.4, -0.2) is 51.5 Å². The van der Waals surface area contributed by atoms with Gasteiger partial charge >= 0.3 is 0 Å². The lowest BCUT2D eigenvalue weighted by molar-refractivity contribution is -0.140. The van der Waals surface area contributed by atoms with E-state index in [0.717, 1.165) is 37.0 Å². The molecule has 1 aromatic heterocycles. The molecule has 2 heterocycles. The molecule has 152 valence electrons. The number of carbonyl (C=O) groups is 3. The number of methoxy groups -OCH3 is 1. The van der Waals surface area contributed by atoms with Gasteiger partial charge in [0.2, 0.25) is 23.7 Å². The lowest BCUT2D eigenvalue weighted by Gasteiger charge is -2.19. The Morgan fingerprint density at radius 1 is 1.17 bits per heavy atom. The van der Waals surface area contributed by atoms with Gasteiger partial charge in [0.25, 0.3) is 0 Å². The van der Waals surface area contributed by atoms with Gasteiger partial charge in [0, 0.05) is 18.5 Å². The van der Waals surface area contributed by atoms with Gasteiger partial charge in [-0.15, -0.1) is 5.10 Å². The zero-order valence-electron chi connectivity index (χ0n) is 16.2. The third-order valence-electron chi connectivity index (χ3n) is 5.59. The summed E-state index contributed by atoms with van der Waals surface area (Å²) in [7, 11) is 1.59. The summed E-state index contributed by atoms with van der Waals surface area (Å²) in [6.45, 7) is 0.0895. The van der Waals surface area contributed by atoms with Gasteiger partial charge in [0.15, 0.2) is 5.82 Å². The van der Waals surface area contributed by atoms with Crippen LogP contribution in [0.5, 0.6) is 5.75 Å². The Hall–Kier alpha value is -3.23. The highest BCUT2D eigenvalue weighted by molar-refractivity contribution is 6.05. The lowest BCUT2D eigenvalue weighted by Crippen LogP contribution is -2.34. The Morgan fingerprint density at radius 3 is 2.45 bits per heavy atom. The summed E-state index contributed by atoms with van der Waals surface area (Å²) >= 11 is 0. The van der Waals surface area contributed by atoms with Crippen molar-refractivity contribution in [2.45, 2.75) is 32.1 Å². The molecule has 2 aromatic rings. The molecule has 2 N–H and O–H groups in total. The Labute approximate surface area is 167 Å². The SMILES string of the molecule is COc1ccc(-c2nc(NC(=O)CCN3C(=O)[C@H]4CCCC[C@H]4C3=O)n[nH]2)cc1. The summed E-state index contributed by atoms with van der Waals surface area (Å²) in [4.78, 5) is 42.7. The van der Waals surface area contributed by atoms with Crippen molar-refractivity contribution in [1.82, 2.24) is 20.1 Å². The van der Waals surface area contributed by atoms with E-state index in [1.807, 2.05) is 12.1 Å². The molecule has 1 aliphatic carbocycles. The van der Waals surface area contributed by atoms with E-state index in [-0.39, 0.29) is 48.5 Å². The number of likely N-dealkylation sites (tertiary alicyclic amines) is 1. The summed E-state index contributed by atoms with van der Waals surface area (Å²) in [5.41, 5.74) is 0.801. The van der Waals surface area contributed by atoms with Crippen LogP contribution in [0.3, 0.4) is 0 Å². The first-order valence-corrected chi connectivity index (χ1v) is 9.78. The fourth-order valence-electron chi connectivity index (χ4n) is 4.05. The number of ether oxygens (including phenoxy) is 1. The van der Waals surface area contributed by atoms with Crippen molar-refractivity contribution in [3.63, 3.8) is 0 Å². The van der Waals surface area contributed by atoms with Crippen LogP contribution < -0.4 is 10.1 Å². The molecule has 2 aliphatic rings. The van der Waals surface area contributed by atoms with E-state index in [0.29, 0.717) is 5.82 Å². The number of anilines is 1. The Morgan fingerprint density at radius 2 is 1.83 bits per heavy atom. The second kappa shape index (κ2) is 8.02. The van der Waals surface area contributed by atoms with Crippen LogP contribution in [0, 0.1) is 11.8 Å². The van der Waals surface area contributed by atoms with Gasteiger partial charge in [0.1, 0.15) is 5.75 Å². The summed E-state index contributed by atoms with van der Waals surface area (Å²) in [6, 6.07) is 7.26. The topological polar surface area (TPSA) is 117 Å². The second-order valence-electron chi connectivity index (χ2n) is 7.36. The quantitative estimate of drug-likeness (QED) is 0.720. The zero-order valence-corrected chi connectivity index (χ0v) is 16.2. The van der Waals surface area contributed by atoms with Crippen LogP contribution in [0.1, 0.15) is 32.1 Å². The van der Waals surface area contributed by atoms with E-state index in [1.54, 1.807) is 19.2 Å². The van der Waals surface area contributed by atoms with Crippen molar-refractivity contribution in [1.29, 1.82) is 0 Å². The molecule has 0 radical (unpaired) electrons. The molecule has 1 saturated heterocycles. The monoisotopic (exact) mass is 397 g/mol. The van der Waals surface area contributed by atoms with Gasteiger partial charge in [-0.2, -0.15) is 4.98 Å². The number of hydrogen-bond donors (Lipinski definition) is 2. The molecule has 2 atom stereocenters. The summed E-state index contributed by atoms with van der Waals surface area (Å²) < 4.78 is 5.12. The lowest BCUT2D eigenvalue weighted by atomic mass is 9.81. The maximum Gasteiger partial charge on any atom is 0.249 e. The van der Waals surface area contributed by atoms with E-state index in [1.165, 1.54) is 4.90 Å². The molecule has 9 nitrogen and oxygen atoms in total. The molecule has 1 aromatic carbocycles. The predicted molar refractivity (Wildman–Crippen MR) is 104 cm³/mol. The molecule has 29 heavy (non-hydrogen) atoms. The van der Waals surface area contributed by atoms with E-state index in [4.69, 9.17) is 4.74 Å². The van der Waals surface area contributed by atoms with Gasteiger partial charge in [-0.25, -0.2) is 0 Å². The first-order valence-electron chi connectivity index (χ1n) is 9.78. The number of benzene rings is 1. The average Bonchev–Trinajstić information content (AvgIpc) is 3.30. The molecule has 0 bridgehead atoms. The zero-order chi connectivity index (χ0) is 20.4. The van der Waals surface area contributed by atoms with Gasteiger partial charge in [-0.1, -0.05) is 12.8 Å². The minimum atomic E-state index is -0.347. The van der Waals surface area contributed by atoms with Crippen LogP contribution in [-0.2, 0) is 14.4 Å². The minimum absolute atomic E-state index is 0.0172. The average molecular weight is 397 g/mol. The molecule has 4 rings (SSSR count). The fourth-order valence-corrected chi connectivity index (χ4v) is 4.05. The highest BCUT2D eigenvalue weighted by atomic mass is 16.5. The molecule has 9 heteroatoms. The van der Waals surface area contributed by atoms with E-state index in [9.17, 15) is 14.4 Å². The van der Waals surface area contributed by atoms with Crippen LogP contribution in [0.4, 0.5) is 5.95 Å².